The Hall–Kier alpha value is -1.55. The fourth-order valence-electron chi connectivity index (χ4n) is 3.23. The summed E-state index contributed by atoms with van der Waals surface area (Å²) in [5.74, 6) is 0. The molecular weight excluding hydrogens is 248 g/mol. The molecule has 3 rings (SSSR count). The van der Waals surface area contributed by atoms with Crippen LogP contribution in [-0.4, -0.2) is 21.4 Å². The van der Waals surface area contributed by atoms with Crippen molar-refractivity contribution < 1.29 is 0 Å². The summed E-state index contributed by atoms with van der Waals surface area (Å²) in [6.45, 7) is 1.03. The van der Waals surface area contributed by atoms with E-state index in [1.165, 1.54) is 42.5 Å². The van der Waals surface area contributed by atoms with Gasteiger partial charge < -0.3 is 9.88 Å². The highest BCUT2D eigenvalue weighted by Crippen LogP contribution is 2.29. The van der Waals surface area contributed by atoms with Crippen molar-refractivity contribution in [2.24, 2.45) is 7.05 Å². The van der Waals surface area contributed by atoms with E-state index in [2.05, 4.69) is 40.5 Å². The fourth-order valence-corrected chi connectivity index (χ4v) is 3.23. The third-order valence-electron chi connectivity index (χ3n) is 4.46. The summed E-state index contributed by atoms with van der Waals surface area (Å²) in [5.41, 5.74) is 4.33. The molecule has 1 N–H and O–H groups in total. The number of aromatic nitrogens is 3. The van der Waals surface area contributed by atoms with E-state index < -0.39 is 0 Å². The van der Waals surface area contributed by atoms with Gasteiger partial charge in [-0.15, -0.1) is 0 Å². The molecule has 4 heteroatoms. The molecule has 2 aromatic rings. The van der Waals surface area contributed by atoms with Crippen molar-refractivity contribution in [3.63, 3.8) is 0 Å². The number of aryl methyl sites for hydroxylation is 4. The first-order chi connectivity index (χ1) is 9.78. The average Bonchev–Trinajstić information content (AvgIpc) is 2.99. The lowest BCUT2D eigenvalue weighted by molar-refractivity contribution is 0.529. The lowest BCUT2D eigenvalue weighted by atomic mass is 10.1. The predicted molar refractivity (Wildman–Crippen MR) is 80.7 cm³/mol. The van der Waals surface area contributed by atoms with E-state index in [1.54, 1.807) is 0 Å². The van der Waals surface area contributed by atoms with Crippen LogP contribution in [-0.2, 0) is 26.4 Å². The molecule has 2 heterocycles. The highest BCUT2D eigenvalue weighted by atomic mass is 15.3. The first-order valence-electron chi connectivity index (χ1n) is 7.60. The molecule has 0 aliphatic heterocycles. The summed E-state index contributed by atoms with van der Waals surface area (Å²) in [7, 11) is 4.09. The molecular formula is C16H24N4. The zero-order chi connectivity index (χ0) is 13.9. The summed E-state index contributed by atoms with van der Waals surface area (Å²) in [4.78, 5) is 0. The number of hydrogen-bond acceptors (Lipinski definition) is 2. The second-order valence-corrected chi connectivity index (χ2v) is 5.76. The van der Waals surface area contributed by atoms with Crippen molar-refractivity contribution in [1.82, 2.24) is 19.7 Å². The van der Waals surface area contributed by atoms with Gasteiger partial charge in [0.1, 0.15) is 0 Å². The van der Waals surface area contributed by atoms with Gasteiger partial charge in [0.05, 0.1) is 0 Å². The minimum atomic E-state index is 0.533. The normalized spacial score (nSPS) is 18.8. The largest absolute Gasteiger partial charge is 0.353 e. The standard InChI is InChI=1S/C16H24N4/c1-17-16-6-4-3-5-13-11-20(12-15(13)16)10-8-14-7-9-18-19(14)2/h7,9,11-12,16-17H,3-6,8,10H2,1-2H3. The number of hydrogen-bond donors (Lipinski definition) is 1. The molecule has 0 saturated carbocycles. The fraction of sp³-hybridized carbons (Fsp3) is 0.562. The van der Waals surface area contributed by atoms with Gasteiger partial charge in [-0.2, -0.15) is 5.10 Å². The third kappa shape index (κ3) is 2.66. The van der Waals surface area contributed by atoms with Crippen molar-refractivity contribution in [3.05, 3.63) is 41.5 Å². The molecule has 1 aliphatic rings. The minimum absolute atomic E-state index is 0.533. The maximum absolute atomic E-state index is 4.23. The Kier molecular flexibility index (Phi) is 3.92. The second-order valence-electron chi connectivity index (χ2n) is 5.76. The molecule has 4 nitrogen and oxygen atoms in total. The van der Waals surface area contributed by atoms with Crippen LogP contribution in [0.1, 0.15) is 42.1 Å². The van der Waals surface area contributed by atoms with Gasteiger partial charge in [0.15, 0.2) is 0 Å². The van der Waals surface area contributed by atoms with Gasteiger partial charge in [0.2, 0.25) is 0 Å². The minimum Gasteiger partial charge on any atom is -0.353 e. The highest BCUT2D eigenvalue weighted by molar-refractivity contribution is 5.29. The SMILES string of the molecule is CNC1CCCCc2cn(CCc3ccnn3C)cc21. The summed E-state index contributed by atoms with van der Waals surface area (Å²) in [6, 6.07) is 2.63. The van der Waals surface area contributed by atoms with Crippen LogP contribution < -0.4 is 5.32 Å². The van der Waals surface area contributed by atoms with E-state index in [9.17, 15) is 0 Å². The van der Waals surface area contributed by atoms with Crippen molar-refractivity contribution in [2.45, 2.75) is 44.7 Å². The number of nitrogens with zero attached hydrogens (tertiary/aromatic N) is 3. The van der Waals surface area contributed by atoms with Crippen molar-refractivity contribution in [3.8, 4) is 0 Å². The molecule has 108 valence electrons. The van der Waals surface area contributed by atoms with E-state index in [4.69, 9.17) is 0 Å². The van der Waals surface area contributed by atoms with Gasteiger partial charge in [-0.3, -0.25) is 4.68 Å². The van der Waals surface area contributed by atoms with Crippen LogP contribution in [0.2, 0.25) is 0 Å². The molecule has 0 bridgehead atoms. The highest BCUT2D eigenvalue weighted by Gasteiger charge is 2.19. The van der Waals surface area contributed by atoms with Gasteiger partial charge in [-0.25, -0.2) is 0 Å². The third-order valence-corrected chi connectivity index (χ3v) is 4.46. The van der Waals surface area contributed by atoms with Gasteiger partial charge in [-0.05, 0) is 43.5 Å². The summed E-state index contributed by atoms with van der Waals surface area (Å²) < 4.78 is 4.32. The number of nitrogens with one attached hydrogen (secondary N) is 1. The molecule has 1 atom stereocenters. The quantitative estimate of drug-likeness (QED) is 0.868. The Morgan fingerprint density at radius 2 is 2.25 bits per heavy atom. The van der Waals surface area contributed by atoms with E-state index in [0.717, 1.165) is 13.0 Å². The van der Waals surface area contributed by atoms with Crippen LogP contribution in [0.15, 0.2) is 24.7 Å². The summed E-state index contributed by atoms with van der Waals surface area (Å²) in [5, 5.41) is 7.69. The molecule has 0 fully saturated rings. The van der Waals surface area contributed by atoms with Crippen LogP contribution in [0.5, 0.6) is 0 Å². The lowest BCUT2D eigenvalue weighted by Gasteiger charge is -2.13. The zero-order valence-electron chi connectivity index (χ0n) is 12.5. The average molecular weight is 272 g/mol. The second kappa shape index (κ2) is 5.83. The van der Waals surface area contributed by atoms with E-state index in [1.807, 2.05) is 17.9 Å². The first kappa shape index (κ1) is 13.4. The Morgan fingerprint density at radius 1 is 1.35 bits per heavy atom. The molecule has 1 aliphatic carbocycles. The van der Waals surface area contributed by atoms with Crippen LogP contribution in [0.25, 0.3) is 0 Å². The van der Waals surface area contributed by atoms with Crippen LogP contribution in [0, 0.1) is 0 Å². The molecule has 0 amide bonds. The van der Waals surface area contributed by atoms with E-state index in [0.29, 0.717) is 6.04 Å². The smallest absolute Gasteiger partial charge is 0.0492 e. The topological polar surface area (TPSA) is 34.8 Å². The van der Waals surface area contributed by atoms with Crippen molar-refractivity contribution >= 4 is 0 Å². The van der Waals surface area contributed by atoms with Crippen molar-refractivity contribution in [1.29, 1.82) is 0 Å². The van der Waals surface area contributed by atoms with E-state index >= 15 is 0 Å². The Bertz CT molecular complexity index is 567. The lowest BCUT2D eigenvalue weighted by Crippen LogP contribution is -2.15. The zero-order valence-corrected chi connectivity index (χ0v) is 12.5. The maximum atomic E-state index is 4.23. The summed E-state index contributed by atoms with van der Waals surface area (Å²) in [6.07, 6.45) is 12.7. The molecule has 20 heavy (non-hydrogen) atoms. The van der Waals surface area contributed by atoms with Crippen LogP contribution in [0.3, 0.4) is 0 Å². The van der Waals surface area contributed by atoms with Crippen LogP contribution >= 0.6 is 0 Å². The van der Waals surface area contributed by atoms with Gasteiger partial charge >= 0.3 is 0 Å². The molecule has 0 saturated heterocycles. The molecule has 0 spiro atoms. The first-order valence-corrected chi connectivity index (χ1v) is 7.60. The summed E-state index contributed by atoms with van der Waals surface area (Å²) >= 11 is 0. The maximum Gasteiger partial charge on any atom is 0.0492 e. The Balaban J connectivity index is 1.74. The molecule has 2 aromatic heterocycles. The Morgan fingerprint density at radius 3 is 3.00 bits per heavy atom. The molecule has 0 aromatic carbocycles. The molecule has 1 unspecified atom stereocenters. The monoisotopic (exact) mass is 272 g/mol. The number of fused-ring (bicyclic) bond motifs is 1. The molecule has 0 radical (unpaired) electrons. The van der Waals surface area contributed by atoms with Gasteiger partial charge in [0.25, 0.3) is 0 Å². The van der Waals surface area contributed by atoms with Crippen LogP contribution in [0.4, 0.5) is 0 Å². The van der Waals surface area contributed by atoms with Crippen molar-refractivity contribution in [2.75, 3.05) is 7.05 Å². The predicted octanol–water partition coefficient (Wildman–Crippen LogP) is 2.45. The Labute approximate surface area is 120 Å². The van der Waals surface area contributed by atoms with Gasteiger partial charge in [-0.1, -0.05) is 6.42 Å². The number of rotatable bonds is 4. The van der Waals surface area contributed by atoms with Gasteiger partial charge in [0, 0.05) is 50.3 Å². The van der Waals surface area contributed by atoms with E-state index in [-0.39, 0.29) is 0 Å².